The lowest BCUT2D eigenvalue weighted by Gasteiger charge is -2.22. The Morgan fingerprint density at radius 1 is 0.452 bits per heavy atom. The van der Waals surface area contributed by atoms with Gasteiger partial charge in [0.05, 0.1) is 62.3 Å². The average molecular weight is 811 g/mol. The number of rotatable bonds is 5. The molecule has 298 valence electrons. The van der Waals surface area contributed by atoms with Gasteiger partial charge in [-0.2, -0.15) is 23.7 Å². The number of hydrogen-bond acceptors (Lipinski definition) is 2. The van der Waals surface area contributed by atoms with Crippen LogP contribution in [-0.4, -0.2) is 9.13 Å². The first-order valence-corrected chi connectivity index (χ1v) is 20.4. The number of nitrogens with zero attached hydrogens (tertiary/aromatic N) is 4. The summed E-state index contributed by atoms with van der Waals surface area (Å²) in [7, 11) is 0. The molecule has 0 aliphatic heterocycles. The van der Waals surface area contributed by atoms with Crippen LogP contribution in [0.15, 0.2) is 152 Å². The summed E-state index contributed by atoms with van der Waals surface area (Å²) in [5.41, 5.74) is 13.3. The van der Waals surface area contributed by atoms with E-state index in [4.69, 9.17) is 0 Å². The molecule has 62 heavy (non-hydrogen) atoms. The molecule has 0 unspecified atom stereocenters. The third-order valence-electron chi connectivity index (χ3n) is 12.2. The second-order valence-electron chi connectivity index (χ2n) is 16.2. The minimum absolute atomic E-state index is 0.138. The van der Waals surface area contributed by atoms with Crippen molar-refractivity contribution in [1.82, 2.24) is 9.13 Å². The molecule has 2 heterocycles. The van der Waals surface area contributed by atoms with Gasteiger partial charge in [0, 0.05) is 32.7 Å². The van der Waals surface area contributed by atoms with Gasteiger partial charge in [0.15, 0.2) is 0 Å². The second-order valence-corrected chi connectivity index (χ2v) is 16.2. The van der Waals surface area contributed by atoms with Gasteiger partial charge in [-0.1, -0.05) is 114 Å². The van der Waals surface area contributed by atoms with Gasteiger partial charge >= 0.3 is 6.18 Å². The molecule has 8 aromatic carbocycles. The highest BCUT2D eigenvalue weighted by atomic mass is 19.4. The van der Waals surface area contributed by atoms with Crippen molar-refractivity contribution in [2.24, 2.45) is 0 Å². The van der Waals surface area contributed by atoms with Gasteiger partial charge in [-0.05, 0) is 110 Å². The molecule has 0 atom stereocenters. The van der Waals surface area contributed by atoms with Crippen LogP contribution in [0, 0.1) is 50.4 Å². The van der Waals surface area contributed by atoms with Crippen molar-refractivity contribution in [2.75, 3.05) is 0 Å². The normalized spacial score (nSPS) is 11.8. The van der Waals surface area contributed by atoms with Crippen LogP contribution in [0.2, 0.25) is 0 Å². The van der Waals surface area contributed by atoms with Crippen molar-refractivity contribution in [3.05, 3.63) is 191 Å². The Morgan fingerprint density at radius 3 is 1.37 bits per heavy atom. The number of aryl methyl sites for hydroxylation is 4. The number of benzene rings is 8. The summed E-state index contributed by atoms with van der Waals surface area (Å²) < 4.78 is 47.2. The number of fused-ring (bicyclic) bond motifs is 6. The van der Waals surface area contributed by atoms with Gasteiger partial charge in [0.1, 0.15) is 0 Å². The molecule has 0 amide bonds. The fraction of sp³-hybridized carbons (Fsp3) is 0.0909. The van der Waals surface area contributed by atoms with E-state index >= 15 is 0 Å². The van der Waals surface area contributed by atoms with Crippen LogP contribution in [0.1, 0.15) is 38.9 Å². The predicted octanol–water partition coefficient (Wildman–Crippen LogP) is 14.9. The number of nitriles is 2. The summed E-state index contributed by atoms with van der Waals surface area (Å²) >= 11 is 0. The summed E-state index contributed by atoms with van der Waals surface area (Å²) in [6.07, 6.45) is -4.67. The van der Waals surface area contributed by atoms with Crippen LogP contribution in [0.4, 0.5) is 13.2 Å². The van der Waals surface area contributed by atoms with Gasteiger partial charge in [0.25, 0.3) is 0 Å². The summed E-state index contributed by atoms with van der Waals surface area (Å²) in [5, 5.41) is 25.5. The molecule has 2 aromatic heterocycles. The zero-order valence-electron chi connectivity index (χ0n) is 34.4. The van der Waals surface area contributed by atoms with E-state index in [-0.39, 0.29) is 5.56 Å². The first kappa shape index (κ1) is 38.3. The van der Waals surface area contributed by atoms with Crippen LogP contribution >= 0.6 is 0 Å². The summed E-state index contributed by atoms with van der Waals surface area (Å²) in [6.45, 7) is 8.32. The van der Waals surface area contributed by atoms with Crippen molar-refractivity contribution in [2.45, 2.75) is 33.9 Å². The van der Waals surface area contributed by atoms with Crippen LogP contribution in [0.25, 0.3) is 88.4 Å². The monoisotopic (exact) mass is 810 g/mol. The summed E-state index contributed by atoms with van der Waals surface area (Å²) in [4.78, 5) is 0. The number of halogens is 3. The predicted molar refractivity (Wildman–Crippen MR) is 245 cm³/mol. The van der Waals surface area contributed by atoms with E-state index in [1.54, 1.807) is 12.1 Å². The van der Waals surface area contributed by atoms with E-state index in [2.05, 4.69) is 134 Å². The van der Waals surface area contributed by atoms with E-state index in [1.165, 1.54) is 6.07 Å². The van der Waals surface area contributed by atoms with Gasteiger partial charge in [0.2, 0.25) is 0 Å². The maximum Gasteiger partial charge on any atom is 0.416 e. The van der Waals surface area contributed by atoms with E-state index in [1.807, 2.05) is 36.4 Å². The first-order chi connectivity index (χ1) is 29.9. The third-order valence-corrected chi connectivity index (χ3v) is 12.2. The van der Waals surface area contributed by atoms with Gasteiger partial charge < -0.3 is 9.13 Å². The minimum Gasteiger partial charge on any atom is -0.308 e. The Balaban J connectivity index is 1.38. The zero-order valence-corrected chi connectivity index (χ0v) is 34.4. The fourth-order valence-electron chi connectivity index (χ4n) is 9.41. The highest BCUT2D eigenvalue weighted by Gasteiger charge is 2.32. The Morgan fingerprint density at radius 2 is 0.919 bits per heavy atom. The van der Waals surface area contributed by atoms with Crippen LogP contribution in [0.3, 0.4) is 0 Å². The average Bonchev–Trinajstić information content (AvgIpc) is 3.77. The molecule has 0 aliphatic rings. The molecule has 0 fully saturated rings. The topological polar surface area (TPSA) is 57.4 Å². The van der Waals surface area contributed by atoms with E-state index in [0.717, 1.165) is 100 Å². The fourth-order valence-corrected chi connectivity index (χ4v) is 9.41. The summed E-state index contributed by atoms with van der Waals surface area (Å²) in [6, 6.07) is 53.0. The lowest BCUT2D eigenvalue weighted by atomic mass is 9.93. The first-order valence-electron chi connectivity index (χ1n) is 20.4. The standard InChI is InChI=1S/C55H37F3N4/c1-32-13-18-41(34(3)23-32)37-15-20-46-44-9-5-7-11-48(44)61(50(46)28-37)52-25-36(30-59)26-53(54(52)43-22-17-40(55(56,57)58)27-39(43)31-60)62-49-12-8-6-10-45(49)47-21-16-38(29-51(47)62)42-19-14-33(2)24-35(42)4/h5-29H,1-4H3. The van der Waals surface area contributed by atoms with Crippen molar-refractivity contribution in [3.63, 3.8) is 0 Å². The van der Waals surface area contributed by atoms with Crippen LogP contribution < -0.4 is 0 Å². The van der Waals surface area contributed by atoms with E-state index in [9.17, 15) is 23.7 Å². The van der Waals surface area contributed by atoms with Crippen LogP contribution in [-0.2, 0) is 6.18 Å². The van der Waals surface area contributed by atoms with E-state index in [0.29, 0.717) is 28.1 Å². The molecule has 0 saturated heterocycles. The SMILES string of the molecule is Cc1ccc(-c2ccc3c4ccccc4n(-c4cc(C#N)cc(-n5c6ccccc6c6ccc(-c7ccc(C)cc7C)cc65)c4-c4ccc(C(F)(F)F)cc4C#N)c3c2)c(C)c1. The Labute approximate surface area is 356 Å². The van der Waals surface area contributed by atoms with Gasteiger partial charge in [-0.25, -0.2) is 0 Å². The molecule has 0 spiro atoms. The van der Waals surface area contributed by atoms with Crippen molar-refractivity contribution in [3.8, 4) is 56.9 Å². The Kier molecular flexibility index (Phi) is 8.91. The molecule has 0 N–H and O–H groups in total. The number of aromatic nitrogens is 2. The molecule has 4 nitrogen and oxygen atoms in total. The quantitative estimate of drug-likeness (QED) is 0.174. The Hall–Kier alpha value is -7.87. The van der Waals surface area contributed by atoms with E-state index < -0.39 is 11.7 Å². The Bertz CT molecular complexity index is 3400. The molecule has 0 aliphatic carbocycles. The van der Waals surface area contributed by atoms with Gasteiger partial charge in [-0.3, -0.25) is 0 Å². The maximum absolute atomic E-state index is 14.3. The summed E-state index contributed by atoms with van der Waals surface area (Å²) in [5.74, 6) is 0. The molecule has 0 bridgehead atoms. The minimum atomic E-state index is -4.67. The molecular weight excluding hydrogens is 774 g/mol. The van der Waals surface area contributed by atoms with Crippen molar-refractivity contribution >= 4 is 43.6 Å². The highest BCUT2D eigenvalue weighted by molar-refractivity contribution is 6.13. The van der Waals surface area contributed by atoms with Crippen LogP contribution in [0.5, 0.6) is 0 Å². The zero-order chi connectivity index (χ0) is 43.0. The third kappa shape index (κ3) is 6.13. The molecule has 7 heteroatoms. The number of hydrogen-bond donors (Lipinski definition) is 0. The second kappa shape index (κ2) is 14.4. The number of alkyl halides is 3. The van der Waals surface area contributed by atoms with Gasteiger partial charge in [-0.15, -0.1) is 0 Å². The van der Waals surface area contributed by atoms with Crippen molar-refractivity contribution < 1.29 is 13.2 Å². The maximum atomic E-state index is 14.3. The van der Waals surface area contributed by atoms with Crippen molar-refractivity contribution in [1.29, 1.82) is 10.5 Å². The smallest absolute Gasteiger partial charge is 0.308 e. The molecular formula is C55H37F3N4. The molecule has 0 saturated carbocycles. The largest absolute Gasteiger partial charge is 0.416 e. The highest BCUT2D eigenvalue weighted by Crippen LogP contribution is 2.46. The molecule has 10 aromatic rings. The molecule has 0 radical (unpaired) electrons. The molecule has 10 rings (SSSR count). The lowest BCUT2D eigenvalue weighted by molar-refractivity contribution is -0.137. The number of para-hydroxylation sites is 2. The lowest BCUT2D eigenvalue weighted by Crippen LogP contribution is -2.08.